The van der Waals surface area contributed by atoms with Crippen LogP contribution in [0.3, 0.4) is 0 Å². The van der Waals surface area contributed by atoms with Gasteiger partial charge in [0.2, 0.25) is 0 Å². The highest BCUT2D eigenvalue weighted by atomic mass is 19.1. The largest absolute Gasteiger partial charge is 0.481 e. The van der Waals surface area contributed by atoms with Crippen molar-refractivity contribution in [3.63, 3.8) is 0 Å². The van der Waals surface area contributed by atoms with Crippen LogP contribution in [0.2, 0.25) is 0 Å². The lowest BCUT2D eigenvalue weighted by molar-refractivity contribution is -0.137. The fourth-order valence-corrected chi connectivity index (χ4v) is 6.35. The van der Waals surface area contributed by atoms with Crippen LogP contribution in [-0.2, 0) is 9.59 Å². The molecule has 0 saturated heterocycles. The number of carbonyl (C=O) groups is 3. The van der Waals surface area contributed by atoms with E-state index in [1.54, 1.807) is 24.3 Å². The normalized spacial score (nSPS) is 23.7. The average molecular weight is 548 g/mol. The van der Waals surface area contributed by atoms with Crippen molar-refractivity contribution < 1.29 is 23.9 Å². The van der Waals surface area contributed by atoms with Gasteiger partial charge in [-0.25, -0.2) is 4.39 Å². The number of hydrogen-bond acceptors (Lipinski definition) is 4. The minimum Gasteiger partial charge on any atom is -0.481 e. The number of carbonyl (C=O) groups excluding carboxylic acids is 2. The quantitative estimate of drug-likeness (QED) is 0.440. The minimum absolute atomic E-state index is 0.0600. The standard InChI is InChI=1S/C32H38FN3O4/c1-31(2,3)24-14-17-32(18-15-24)35-27(20-10-12-25(33)13-11-20)30(40)36(32)28(21-4-5-21)22-6-8-23(9-7-22)29(39)34-19-16-26(37)38/h6-13,21,24,28H,4-5,14-19H2,1-3H3,(H,34,39)(H,37,38). The summed E-state index contributed by atoms with van der Waals surface area (Å²) in [6.45, 7) is 6.87. The van der Waals surface area contributed by atoms with Gasteiger partial charge in [-0.1, -0.05) is 32.9 Å². The Morgan fingerprint density at radius 2 is 1.68 bits per heavy atom. The molecule has 3 aliphatic rings. The molecule has 1 spiro atoms. The number of benzene rings is 2. The maximum absolute atomic E-state index is 14.2. The molecule has 2 aromatic carbocycles. The molecule has 212 valence electrons. The van der Waals surface area contributed by atoms with Crippen LogP contribution in [0.25, 0.3) is 0 Å². The van der Waals surface area contributed by atoms with Crippen molar-refractivity contribution in [3.05, 3.63) is 71.0 Å². The van der Waals surface area contributed by atoms with Gasteiger partial charge in [0.1, 0.15) is 17.2 Å². The van der Waals surface area contributed by atoms with E-state index in [0.29, 0.717) is 28.7 Å². The summed E-state index contributed by atoms with van der Waals surface area (Å²) in [6, 6.07) is 13.1. The first-order chi connectivity index (χ1) is 19.0. The summed E-state index contributed by atoms with van der Waals surface area (Å²) in [5.74, 6) is -0.918. The van der Waals surface area contributed by atoms with Crippen molar-refractivity contribution in [3.8, 4) is 0 Å². The number of aliphatic carboxylic acids is 1. The molecule has 2 aromatic rings. The first kappa shape index (κ1) is 28.0. The van der Waals surface area contributed by atoms with Crippen molar-refractivity contribution in [2.45, 2.75) is 77.4 Å². The molecule has 2 fully saturated rings. The average Bonchev–Trinajstić information content (AvgIpc) is 3.71. The van der Waals surface area contributed by atoms with E-state index in [4.69, 9.17) is 10.1 Å². The highest BCUT2D eigenvalue weighted by Gasteiger charge is 2.55. The van der Waals surface area contributed by atoms with E-state index in [-0.39, 0.29) is 42.1 Å². The summed E-state index contributed by atoms with van der Waals surface area (Å²) in [4.78, 5) is 44.7. The SMILES string of the molecule is CC(C)(C)C1CCC2(CC1)N=C(c1ccc(F)cc1)C(=O)N2C(c1ccc(C(=O)NCCC(=O)O)cc1)C1CC1. The van der Waals surface area contributed by atoms with Gasteiger partial charge in [0.25, 0.3) is 11.8 Å². The third-order valence-corrected chi connectivity index (χ3v) is 8.80. The van der Waals surface area contributed by atoms with E-state index < -0.39 is 11.6 Å². The van der Waals surface area contributed by atoms with Crippen molar-refractivity contribution in [1.29, 1.82) is 0 Å². The van der Waals surface area contributed by atoms with E-state index in [1.165, 1.54) is 12.1 Å². The van der Waals surface area contributed by atoms with Crippen LogP contribution >= 0.6 is 0 Å². The van der Waals surface area contributed by atoms with Crippen LogP contribution in [0.1, 0.15) is 93.2 Å². The highest BCUT2D eigenvalue weighted by molar-refractivity contribution is 6.46. The van der Waals surface area contributed by atoms with Crippen molar-refractivity contribution >= 4 is 23.5 Å². The van der Waals surface area contributed by atoms with Crippen LogP contribution in [0.4, 0.5) is 4.39 Å². The third kappa shape index (κ3) is 5.67. The molecule has 1 aliphatic heterocycles. The third-order valence-electron chi connectivity index (χ3n) is 8.80. The molecule has 1 heterocycles. The number of hydrogen-bond donors (Lipinski definition) is 2. The van der Waals surface area contributed by atoms with Gasteiger partial charge in [-0.2, -0.15) is 0 Å². The summed E-state index contributed by atoms with van der Waals surface area (Å²) in [5, 5.41) is 11.5. The van der Waals surface area contributed by atoms with Gasteiger partial charge in [0.05, 0.1) is 12.5 Å². The molecule has 2 N–H and O–H groups in total. The first-order valence-corrected chi connectivity index (χ1v) is 14.3. The number of nitrogens with one attached hydrogen (secondary N) is 1. The zero-order valence-corrected chi connectivity index (χ0v) is 23.5. The van der Waals surface area contributed by atoms with E-state index >= 15 is 0 Å². The second kappa shape index (κ2) is 10.8. The monoisotopic (exact) mass is 547 g/mol. The van der Waals surface area contributed by atoms with Crippen LogP contribution in [0, 0.1) is 23.1 Å². The molecular weight excluding hydrogens is 509 g/mol. The van der Waals surface area contributed by atoms with Crippen molar-refractivity contribution in [2.75, 3.05) is 6.54 Å². The molecule has 8 heteroatoms. The Hall–Kier alpha value is -3.55. The predicted molar refractivity (Wildman–Crippen MR) is 150 cm³/mol. The van der Waals surface area contributed by atoms with E-state index in [9.17, 15) is 18.8 Å². The Labute approximate surface area is 234 Å². The van der Waals surface area contributed by atoms with E-state index in [1.807, 2.05) is 17.0 Å². The molecule has 2 amide bonds. The Morgan fingerprint density at radius 1 is 1.05 bits per heavy atom. The lowest BCUT2D eigenvalue weighted by atomic mass is 9.69. The molecule has 1 atom stereocenters. The number of rotatable bonds is 8. The summed E-state index contributed by atoms with van der Waals surface area (Å²) in [6.07, 6.45) is 5.38. The van der Waals surface area contributed by atoms with Crippen LogP contribution in [0.5, 0.6) is 0 Å². The molecule has 7 nitrogen and oxygen atoms in total. The highest BCUT2D eigenvalue weighted by Crippen LogP contribution is 2.54. The van der Waals surface area contributed by atoms with Gasteiger partial charge in [-0.3, -0.25) is 19.4 Å². The van der Waals surface area contributed by atoms with Crippen LogP contribution in [0.15, 0.2) is 53.5 Å². The molecule has 2 saturated carbocycles. The molecule has 5 rings (SSSR count). The molecule has 1 unspecified atom stereocenters. The smallest absolute Gasteiger partial charge is 0.305 e. The van der Waals surface area contributed by atoms with E-state index in [0.717, 1.165) is 44.1 Å². The van der Waals surface area contributed by atoms with E-state index in [2.05, 4.69) is 26.1 Å². The number of amides is 2. The van der Waals surface area contributed by atoms with Gasteiger partial charge in [0.15, 0.2) is 0 Å². The van der Waals surface area contributed by atoms with Crippen LogP contribution in [-0.4, -0.2) is 45.7 Å². The maximum atomic E-state index is 14.2. The summed E-state index contributed by atoms with van der Waals surface area (Å²) in [7, 11) is 0. The van der Waals surface area contributed by atoms with Crippen molar-refractivity contribution in [2.24, 2.45) is 22.2 Å². The first-order valence-electron chi connectivity index (χ1n) is 14.3. The zero-order chi connectivity index (χ0) is 28.7. The lowest BCUT2D eigenvalue weighted by Gasteiger charge is -2.47. The predicted octanol–water partition coefficient (Wildman–Crippen LogP) is 5.75. The molecule has 0 aromatic heterocycles. The van der Waals surface area contributed by atoms with Gasteiger partial charge in [0, 0.05) is 17.7 Å². The Balaban J connectivity index is 1.46. The maximum Gasteiger partial charge on any atom is 0.305 e. The van der Waals surface area contributed by atoms with Gasteiger partial charge in [-0.15, -0.1) is 0 Å². The fourth-order valence-electron chi connectivity index (χ4n) is 6.35. The lowest BCUT2D eigenvalue weighted by Crippen LogP contribution is -2.52. The van der Waals surface area contributed by atoms with Gasteiger partial charge in [-0.05, 0) is 97.7 Å². The number of aliphatic imine (C=N–C) groups is 1. The van der Waals surface area contributed by atoms with Crippen LogP contribution < -0.4 is 5.32 Å². The van der Waals surface area contributed by atoms with Gasteiger partial charge < -0.3 is 15.3 Å². The second-order valence-corrected chi connectivity index (χ2v) is 12.6. The molecular formula is C32H38FN3O4. The second-order valence-electron chi connectivity index (χ2n) is 12.6. The number of carboxylic acid groups (broad SMARTS) is 1. The molecule has 40 heavy (non-hydrogen) atoms. The summed E-state index contributed by atoms with van der Waals surface area (Å²) >= 11 is 0. The summed E-state index contributed by atoms with van der Waals surface area (Å²) < 4.78 is 13.7. The number of nitrogens with zero attached hydrogens (tertiary/aromatic N) is 2. The fraction of sp³-hybridized carbons (Fsp3) is 0.500. The summed E-state index contributed by atoms with van der Waals surface area (Å²) in [5.41, 5.74) is 1.96. The van der Waals surface area contributed by atoms with Crippen molar-refractivity contribution in [1.82, 2.24) is 10.2 Å². The molecule has 0 bridgehead atoms. The Morgan fingerprint density at radius 3 is 2.23 bits per heavy atom. The molecule has 0 radical (unpaired) electrons. The minimum atomic E-state index is -0.967. The number of carboxylic acids is 1. The number of halogens is 1. The Bertz CT molecular complexity index is 1300. The molecule has 2 aliphatic carbocycles. The Kier molecular flexibility index (Phi) is 7.55. The topological polar surface area (TPSA) is 99.1 Å². The van der Waals surface area contributed by atoms with Gasteiger partial charge >= 0.3 is 5.97 Å². The zero-order valence-electron chi connectivity index (χ0n) is 23.5.